The van der Waals surface area contributed by atoms with Crippen LogP contribution in [0.2, 0.25) is 5.02 Å². The number of H-pyrrole nitrogens is 1. The predicted molar refractivity (Wildman–Crippen MR) is 57.2 cm³/mol. The highest BCUT2D eigenvalue weighted by molar-refractivity contribution is 9.10. The summed E-state index contributed by atoms with van der Waals surface area (Å²) < 4.78 is 14.0. The number of rotatable bonds is 0. The summed E-state index contributed by atoms with van der Waals surface area (Å²) in [6, 6.07) is 2.66. The van der Waals surface area contributed by atoms with Gasteiger partial charge >= 0.3 is 0 Å². The Morgan fingerprint density at radius 1 is 1.43 bits per heavy atom. The standard InChI is InChI=1S/C9H4BrClFNO/c10-6-3-13-9(14)8-5(6)1-4(11)2-7(8)12/h1-3H,(H,13,14). The minimum Gasteiger partial charge on any atom is -0.327 e. The van der Waals surface area contributed by atoms with Crippen molar-refractivity contribution in [3.8, 4) is 0 Å². The van der Waals surface area contributed by atoms with Crippen LogP contribution in [0.25, 0.3) is 10.8 Å². The number of fused-ring (bicyclic) bond motifs is 1. The average molecular weight is 276 g/mol. The summed E-state index contributed by atoms with van der Waals surface area (Å²) in [5, 5.41) is 0.754. The van der Waals surface area contributed by atoms with Crippen LogP contribution < -0.4 is 5.56 Å². The molecule has 0 aliphatic heterocycles. The fourth-order valence-corrected chi connectivity index (χ4v) is 1.90. The third-order valence-electron chi connectivity index (χ3n) is 1.87. The summed E-state index contributed by atoms with van der Waals surface area (Å²) in [4.78, 5) is 13.7. The first kappa shape index (κ1) is 9.68. The van der Waals surface area contributed by atoms with E-state index in [-0.39, 0.29) is 10.4 Å². The van der Waals surface area contributed by atoms with Gasteiger partial charge in [-0.05, 0) is 28.1 Å². The van der Waals surface area contributed by atoms with Crippen molar-refractivity contribution in [2.45, 2.75) is 0 Å². The first-order valence-electron chi connectivity index (χ1n) is 3.75. The van der Waals surface area contributed by atoms with Gasteiger partial charge in [-0.25, -0.2) is 4.39 Å². The number of hydrogen-bond acceptors (Lipinski definition) is 1. The topological polar surface area (TPSA) is 32.9 Å². The Labute approximate surface area is 91.8 Å². The molecule has 1 aromatic carbocycles. The van der Waals surface area contributed by atoms with Crippen molar-refractivity contribution in [3.05, 3.63) is 44.0 Å². The molecule has 0 saturated carbocycles. The van der Waals surface area contributed by atoms with Gasteiger partial charge in [0.05, 0.1) is 5.39 Å². The molecule has 0 unspecified atom stereocenters. The van der Waals surface area contributed by atoms with Crippen LogP contribution in [-0.2, 0) is 0 Å². The average Bonchev–Trinajstić information content (AvgIpc) is 2.10. The van der Waals surface area contributed by atoms with E-state index in [4.69, 9.17) is 11.6 Å². The second-order valence-electron chi connectivity index (χ2n) is 2.78. The van der Waals surface area contributed by atoms with Crippen molar-refractivity contribution >= 4 is 38.3 Å². The second kappa shape index (κ2) is 3.37. The van der Waals surface area contributed by atoms with Gasteiger partial charge in [-0.2, -0.15) is 0 Å². The van der Waals surface area contributed by atoms with Crippen molar-refractivity contribution in [3.63, 3.8) is 0 Å². The summed E-state index contributed by atoms with van der Waals surface area (Å²) in [5.41, 5.74) is -0.461. The normalized spacial score (nSPS) is 10.8. The molecule has 1 aromatic heterocycles. The van der Waals surface area contributed by atoms with Crippen molar-refractivity contribution < 1.29 is 4.39 Å². The van der Waals surface area contributed by atoms with E-state index in [0.717, 1.165) is 6.07 Å². The summed E-state index contributed by atoms with van der Waals surface area (Å²) in [6.45, 7) is 0. The van der Waals surface area contributed by atoms with E-state index in [0.29, 0.717) is 9.86 Å². The smallest absolute Gasteiger partial charge is 0.258 e. The molecule has 0 amide bonds. The Balaban J connectivity index is 3.08. The highest BCUT2D eigenvalue weighted by atomic mass is 79.9. The molecule has 1 N–H and O–H groups in total. The first-order chi connectivity index (χ1) is 6.59. The molecule has 0 aliphatic rings. The number of benzene rings is 1. The van der Waals surface area contributed by atoms with Crippen molar-refractivity contribution in [2.75, 3.05) is 0 Å². The molecular formula is C9H4BrClFNO. The van der Waals surface area contributed by atoms with Crippen LogP contribution >= 0.6 is 27.5 Å². The van der Waals surface area contributed by atoms with E-state index >= 15 is 0 Å². The first-order valence-corrected chi connectivity index (χ1v) is 4.92. The van der Waals surface area contributed by atoms with Crippen molar-refractivity contribution in [1.82, 2.24) is 4.98 Å². The zero-order valence-corrected chi connectivity index (χ0v) is 9.12. The minimum absolute atomic E-state index is 0.0174. The molecule has 2 aromatic rings. The fraction of sp³-hybridized carbons (Fsp3) is 0. The van der Waals surface area contributed by atoms with E-state index in [1.165, 1.54) is 6.20 Å². The number of aromatic amines is 1. The molecule has 0 radical (unpaired) electrons. The number of halogens is 3. The van der Waals surface area contributed by atoms with E-state index < -0.39 is 11.4 Å². The van der Waals surface area contributed by atoms with Crippen LogP contribution in [-0.4, -0.2) is 4.98 Å². The molecule has 2 rings (SSSR count). The number of pyridine rings is 1. The Kier molecular flexibility index (Phi) is 2.33. The molecule has 2 nitrogen and oxygen atoms in total. The van der Waals surface area contributed by atoms with Gasteiger partial charge in [0.15, 0.2) is 0 Å². The fourth-order valence-electron chi connectivity index (χ4n) is 1.27. The van der Waals surface area contributed by atoms with E-state index in [2.05, 4.69) is 20.9 Å². The van der Waals surface area contributed by atoms with E-state index in [1.54, 1.807) is 6.07 Å². The Hall–Kier alpha value is -0.870. The summed E-state index contributed by atoms with van der Waals surface area (Å²) >= 11 is 8.88. The molecule has 1 heterocycles. The zero-order chi connectivity index (χ0) is 10.3. The lowest BCUT2D eigenvalue weighted by Crippen LogP contribution is -2.07. The summed E-state index contributed by atoms with van der Waals surface area (Å²) in [6.07, 6.45) is 1.46. The van der Waals surface area contributed by atoms with Crippen LogP contribution in [0.5, 0.6) is 0 Å². The van der Waals surface area contributed by atoms with Crippen LogP contribution in [0.4, 0.5) is 4.39 Å². The van der Waals surface area contributed by atoms with Gasteiger partial charge in [-0.1, -0.05) is 11.6 Å². The zero-order valence-electron chi connectivity index (χ0n) is 6.77. The van der Waals surface area contributed by atoms with Gasteiger partial charge in [0.1, 0.15) is 5.82 Å². The Bertz CT molecular complexity index is 566. The van der Waals surface area contributed by atoms with Gasteiger partial charge in [0, 0.05) is 21.1 Å². The largest absolute Gasteiger partial charge is 0.327 e. The van der Waals surface area contributed by atoms with Gasteiger partial charge in [-0.3, -0.25) is 4.79 Å². The Morgan fingerprint density at radius 3 is 2.86 bits per heavy atom. The van der Waals surface area contributed by atoms with E-state index in [9.17, 15) is 9.18 Å². The monoisotopic (exact) mass is 275 g/mol. The van der Waals surface area contributed by atoms with Crippen LogP contribution in [0.15, 0.2) is 27.6 Å². The molecule has 0 saturated heterocycles. The summed E-state index contributed by atoms with van der Waals surface area (Å²) in [5.74, 6) is -0.616. The molecule has 0 bridgehead atoms. The maximum Gasteiger partial charge on any atom is 0.258 e. The highest BCUT2D eigenvalue weighted by Crippen LogP contribution is 2.25. The molecule has 0 fully saturated rings. The maximum absolute atomic E-state index is 13.4. The molecule has 72 valence electrons. The lowest BCUT2D eigenvalue weighted by Gasteiger charge is -2.01. The maximum atomic E-state index is 13.4. The van der Waals surface area contributed by atoms with Crippen LogP contribution in [0, 0.1) is 5.82 Å². The van der Waals surface area contributed by atoms with Crippen LogP contribution in [0.3, 0.4) is 0 Å². The second-order valence-corrected chi connectivity index (χ2v) is 4.07. The minimum atomic E-state index is -0.616. The highest BCUT2D eigenvalue weighted by Gasteiger charge is 2.09. The quantitative estimate of drug-likeness (QED) is 0.788. The molecule has 0 spiro atoms. The SMILES string of the molecule is O=c1[nH]cc(Br)c2cc(Cl)cc(F)c12. The predicted octanol–water partition coefficient (Wildman–Crippen LogP) is 3.08. The third-order valence-corrected chi connectivity index (χ3v) is 2.74. The number of hydrogen-bond donors (Lipinski definition) is 1. The lowest BCUT2D eigenvalue weighted by atomic mass is 10.2. The molecule has 0 aliphatic carbocycles. The number of nitrogens with one attached hydrogen (secondary N) is 1. The van der Waals surface area contributed by atoms with Gasteiger partial charge in [-0.15, -0.1) is 0 Å². The van der Waals surface area contributed by atoms with Gasteiger partial charge in [0.2, 0.25) is 0 Å². The molecule has 0 atom stereocenters. The van der Waals surface area contributed by atoms with Crippen LogP contribution in [0.1, 0.15) is 0 Å². The Morgan fingerprint density at radius 2 is 2.14 bits per heavy atom. The lowest BCUT2D eigenvalue weighted by molar-refractivity contribution is 0.638. The number of aromatic nitrogens is 1. The van der Waals surface area contributed by atoms with E-state index in [1.807, 2.05) is 0 Å². The third kappa shape index (κ3) is 1.44. The molecule has 5 heteroatoms. The molecular weight excluding hydrogens is 272 g/mol. The van der Waals surface area contributed by atoms with Crippen molar-refractivity contribution in [2.24, 2.45) is 0 Å². The summed E-state index contributed by atoms with van der Waals surface area (Å²) in [7, 11) is 0. The van der Waals surface area contributed by atoms with Gasteiger partial charge < -0.3 is 4.98 Å². The molecule has 14 heavy (non-hydrogen) atoms. The van der Waals surface area contributed by atoms with Gasteiger partial charge in [0.25, 0.3) is 5.56 Å². The van der Waals surface area contributed by atoms with Crippen molar-refractivity contribution in [1.29, 1.82) is 0 Å².